The average molecular weight is 378 g/mol. The number of benzene rings is 1. The Morgan fingerprint density at radius 2 is 2.00 bits per heavy atom. The molecule has 0 saturated carbocycles. The van der Waals surface area contributed by atoms with Gasteiger partial charge in [0.05, 0.1) is 22.2 Å². The van der Waals surface area contributed by atoms with Gasteiger partial charge in [-0.1, -0.05) is 6.07 Å². The van der Waals surface area contributed by atoms with E-state index < -0.39 is 5.97 Å². The van der Waals surface area contributed by atoms with E-state index in [9.17, 15) is 9.90 Å². The van der Waals surface area contributed by atoms with E-state index in [0.717, 1.165) is 38.9 Å². The van der Waals surface area contributed by atoms with Crippen molar-refractivity contribution >= 4 is 33.7 Å². The van der Waals surface area contributed by atoms with E-state index >= 15 is 0 Å². The molecule has 28 heavy (non-hydrogen) atoms. The molecule has 3 heterocycles. The minimum atomic E-state index is -0.955. The van der Waals surface area contributed by atoms with Crippen molar-refractivity contribution in [2.24, 2.45) is 0 Å². The first-order valence-electron chi connectivity index (χ1n) is 9.00. The number of aromatic amines is 1. The molecule has 0 aliphatic carbocycles. The first-order chi connectivity index (χ1) is 13.2. The average Bonchev–Trinajstić information content (AvgIpc) is 3.19. The fourth-order valence-electron chi connectivity index (χ4n) is 3.49. The highest BCUT2D eigenvalue weighted by atomic mass is 16.4. The summed E-state index contributed by atoms with van der Waals surface area (Å²) in [7, 11) is 1.82. The molecular formula is C20H22N6O2. The summed E-state index contributed by atoms with van der Waals surface area (Å²) in [5, 5.41) is 19.1. The molecule has 0 fully saturated rings. The summed E-state index contributed by atoms with van der Waals surface area (Å²) >= 11 is 0. The number of hydrogen-bond acceptors (Lipinski definition) is 5. The summed E-state index contributed by atoms with van der Waals surface area (Å²) in [6.07, 6.45) is 1.53. The van der Waals surface area contributed by atoms with Gasteiger partial charge < -0.3 is 15.4 Å². The number of anilines is 1. The molecule has 0 aliphatic rings. The zero-order valence-corrected chi connectivity index (χ0v) is 16.5. The predicted octanol–water partition coefficient (Wildman–Crippen LogP) is 3.78. The molecule has 4 rings (SSSR count). The van der Waals surface area contributed by atoms with Gasteiger partial charge in [-0.25, -0.2) is 19.4 Å². The van der Waals surface area contributed by atoms with Crippen LogP contribution in [0, 0.1) is 6.92 Å². The predicted molar refractivity (Wildman–Crippen MR) is 109 cm³/mol. The Bertz CT molecular complexity index is 1230. The van der Waals surface area contributed by atoms with Gasteiger partial charge >= 0.3 is 5.97 Å². The highest BCUT2D eigenvalue weighted by Gasteiger charge is 2.26. The quantitative estimate of drug-likeness (QED) is 0.501. The van der Waals surface area contributed by atoms with E-state index in [1.807, 2.05) is 24.7 Å². The standard InChI is InChI=1S/C20H22N6O2/c1-10-12-7-6-11(19(27)28)8-13(12)24-15(10)16-14-17(21-5)22-9-23-18(14)26(25-16)20(2,3)4/h6-9,24H,1-5H3,(H,27,28)(H,21,22,23). The minimum absolute atomic E-state index is 0.240. The van der Waals surface area contributed by atoms with Crippen LogP contribution in [0.4, 0.5) is 5.82 Å². The van der Waals surface area contributed by atoms with Crippen LogP contribution >= 0.6 is 0 Å². The Balaban J connectivity index is 2.07. The van der Waals surface area contributed by atoms with Gasteiger partial charge in [-0.05, 0) is 45.4 Å². The van der Waals surface area contributed by atoms with Gasteiger partial charge in [-0.15, -0.1) is 0 Å². The van der Waals surface area contributed by atoms with Gasteiger partial charge in [0, 0.05) is 18.0 Å². The second-order valence-corrected chi connectivity index (χ2v) is 7.79. The molecule has 3 N–H and O–H groups in total. The lowest BCUT2D eigenvalue weighted by Gasteiger charge is -2.19. The Hall–Kier alpha value is -3.42. The van der Waals surface area contributed by atoms with Crippen LogP contribution in [-0.2, 0) is 5.54 Å². The first-order valence-corrected chi connectivity index (χ1v) is 9.00. The van der Waals surface area contributed by atoms with E-state index in [-0.39, 0.29) is 11.1 Å². The van der Waals surface area contributed by atoms with Gasteiger partial charge in [0.25, 0.3) is 0 Å². The van der Waals surface area contributed by atoms with Crippen molar-refractivity contribution in [3.8, 4) is 11.4 Å². The number of nitrogens with zero attached hydrogens (tertiary/aromatic N) is 4. The first kappa shape index (κ1) is 18.0. The number of carboxylic acids is 1. The number of fused-ring (bicyclic) bond motifs is 2. The molecule has 0 atom stereocenters. The van der Waals surface area contributed by atoms with E-state index in [2.05, 4.69) is 41.0 Å². The van der Waals surface area contributed by atoms with E-state index in [1.54, 1.807) is 12.1 Å². The SMILES string of the molecule is CNc1ncnc2c1c(-c1[nH]c3cc(C(=O)O)ccc3c1C)nn2C(C)(C)C. The maximum atomic E-state index is 11.3. The van der Waals surface area contributed by atoms with Crippen molar-refractivity contribution in [2.45, 2.75) is 33.2 Å². The van der Waals surface area contributed by atoms with Gasteiger partial charge in [-0.2, -0.15) is 5.10 Å². The molecule has 0 spiro atoms. The van der Waals surface area contributed by atoms with Crippen LogP contribution < -0.4 is 5.32 Å². The van der Waals surface area contributed by atoms with Crippen LogP contribution in [0.3, 0.4) is 0 Å². The van der Waals surface area contributed by atoms with Crippen molar-refractivity contribution in [3.63, 3.8) is 0 Å². The lowest BCUT2D eigenvalue weighted by Crippen LogP contribution is -2.23. The van der Waals surface area contributed by atoms with Crippen LogP contribution in [0.2, 0.25) is 0 Å². The van der Waals surface area contributed by atoms with E-state index in [1.165, 1.54) is 6.33 Å². The Morgan fingerprint density at radius 1 is 1.25 bits per heavy atom. The largest absolute Gasteiger partial charge is 0.478 e. The van der Waals surface area contributed by atoms with Crippen LogP contribution in [0.15, 0.2) is 24.5 Å². The number of nitrogens with one attached hydrogen (secondary N) is 2. The lowest BCUT2D eigenvalue weighted by molar-refractivity contribution is 0.0697. The van der Waals surface area contributed by atoms with Crippen molar-refractivity contribution in [1.29, 1.82) is 0 Å². The molecule has 3 aromatic heterocycles. The molecular weight excluding hydrogens is 356 g/mol. The Kier molecular flexibility index (Phi) is 3.88. The second-order valence-electron chi connectivity index (χ2n) is 7.79. The molecule has 8 nitrogen and oxygen atoms in total. The molecule has 0 unspecified atom stereocenters. The molecule has 4 aromatic rings. The molecule has 144 valence electrons. The number of H-pyrrole nitrogens is 1. The summed E-state index contributed by atoms with van der Waals surface area (Å²) < 4.78 is 1.90. The Labute approximate surface area is 161 Å². The third-order valence-electron chi connectivity index (χ3n) is 4.88. The maximum absolute atomic E-state index is 11.3. The smallest absolute Gasteiger partial charge is 0.335 e. The van der Waals surface area contributed by atoms with Crippen LogP contribution in [0.5, 0.6) is 0 Å². The van der Waals surface area contributed by atoms with E-state index in [4.69, 9.17) is 5.10 Å². The summed E-state index contributed by atoms with van der Waals surface area (Å²) in [5.41, 5.74) is 4.03. The molecule has 0 aliphatic heterocycles. The number of rotatable bonds is 3. The monoisotopic (exact) mass is 378 g/mol. The third kappa shape index (κ3) is 2.60. The van der Waals surface area contributed by atoms with Crippen LogP contribution in [0.25, 0.3) is 33.3 Å². The van der Waals surface area contributed by atoms with Gasteiger partial charge in [0.1, 0.15) is 17.8 Å². The van der Waals surface area contributed by atoms with Crippen molar-refractivity contribution in [1.82, 2.24) is 24.7 Å². The fourth-order valence-corrected chi connectivity index (χ4v) is 3.49. The number of aromatic carboxylic acids is 1. The maximum Gasteiger partial charge on any atom is 0.335 e. The van der Waals surface area contributed by atoms with Crippen molar-refractivity contribution in [2.75, 3.05) is 12.4 Å². The van der Waals surface area contributed by atoms with E-state index in [0.29, 0.717) is 5.82 Å². The molecule has 0 radical (unpaired) electrons. The van der Waals surface area contributed by atoms with Crippen LogP contribution in [0.1, 0.15) is 36.7 Å². The zero-order valence-electron chi connectivity index (χ0n) is 16.5. The van der Waals surface area contributed by atoms with Gasteiger partial charge in [0.15, 0.2) is 5.65 Å². The number of carbonyl (C=O) groups is 1. The summed E-state index contributed by atoms with van der Waals surface area (Å²) in [6, 6.07) is 5.09. The van der Waals surface area contributed by atoms with Crippen molar-refractivity contribution in [3.05, 3.63) is 35.7 Å². The molecule has 1 aromatic carbocycles. The van der Waals surface area contributed by atoms with Crippen molar-refractivity contribution < 1.29 is 9.90 Å². The molecule has 0 bridgehead atoms. The summed E-state index contributed by atoms with van der Waals surface area (Å²) in [5.74, 6) is -0.260. The molecule has 0 amide bonds. The number of hydrogen-bond donors (Lipinski definition) is 3. The second kappa shape index (κ2) is 6.05. The van der Waals surface area contributed by atoms with Gasteiger partial charge in [-0.3, -0.25) is 0 Å². The summed E-state index contributed by atoms with van der Waals surface area (Å²) in [6.45, 7) is 8.21. The Morgan fingerprint density at radius 3 is 2.64 bits per heavy atom. The molecule has 8 heteroatoms. The number of aryl methyl sites for hydroxylation is 1. The summed E-state index contributed by atoms with van der Waals surface area (Å²) in [4.78, 5) is 23.5. The van der Waals surface area contributed by atoms with Crippen LogP contribution in [-0.4, -0.2) is 42.9 Å². The zero-order chi connectivity index (χ0) is 20.2. The topological polar surface area (TPSA) is 109 Å². The minimum Gasteiger partial charge on any atom is -0.478 e. The highest BCUT2D eigenvalue weighted by molar-refractivity contribution is 6.03. The molecule has 0 saturated heterocycles. The fraction of sp³-hybridized carbons (Fsp3) is 0.300. The normalized spacial score (nSPS) is 12.0. The number of carboxylic acid groups (broad SMARTS) is 1. The van der Waals surface area contributed by atoms with Gasteiger partial charge in [0.2, 0.25) is 0 Å². The third-order valence-corrected chi connectivity index (χ3v) is 4.88. The number of aromatic nitrogens is 5. The highest BCUT2D eigenvalue weighted by Crippen LogP contribution is 2.37. The lowest BCUT2D eigenvalue weighted by atomic mass is 10.1.